The van der Waals surface area contributed by atoms with Crippen molar-refractivity contribution in [3.63, 3.8) is 0 Å². The molecule has 0 atom stereocenters. The molecular formula is C14H18N2O. The summed E-state index contributed by atoms with van der Waals surface area (Å²) in [6.07, 6.45) is 2.62. The molecule has 0 aliphatic carbocycles. The van der Waals surface area contributed by atoms with Crippen molar-refractivity contribution in [2.24, 2.45) is 5.92 Å². The van der Waals surface area contributed by atoms with E-state index >= 15 is 0 Å². The lowest BCUT2D eigenvalue weighted by molar-refractivity contribution is 0.644. The largest absolute Gasteiger partial charge is 0.298 e. The molecule has 0 unspecified atom stereocenters. The van der Waals surface area contributed by atoms with Crippen molar-refractivity contribution in [1.82, 2.24) is 9.78 Å². The molecule has 0 amide bonds. The summed E-state index contributed by atoms with van der Waals surface area (Å²) in [5, 5.41) is 3.02. The van der Waals surface area contributed by atoms with E-state index in [0.717, 1.165) is 17.7 Å². The van der Waals surface area contributed by atoms with Crippen LogP contribution in [0.15, 0.2) is 35.3 Å². The minimum absolute atomic E-state index is 0.0579. The lowest BCUT2D eigenvalue weighted by Crippen LogP contribution is -2.18. The number of aromatic nitrogens is 2. The van der Waals surface area contributed by atoms with Crippen LogP contribution >= 0.6 is 0 Å². The van der Waals surface area contributed by atoms with Gasteiger partial charge in [0, 0.05) is 11.8 Å². The first kappa shape index (κ1) is 11.7. The summed E-state index contributed by atoms with van der Waals surface area (Å²) in [5.41, 5.74) is 2.98. The Morgan fingerprint density at radius 1 is 1.24 bits per heavy atom. The molecule has 0 bridgehead atoms. The average Bonchev–Trinajstić information content (AvgIpc) is 2.61. The predicted octanol–water partition coefficient (Wildman–Crippen LogP) is 2.67. The lowest BCUT2D eigenvalue weighted by atomic mass is 10.1. The number of benzene rings is 1. The normalized spacial score (nSPS) is 11.1. The summed E-state index contributed by atoms with van der Waals surface area (Å²) in [4.78, 5) is 12.1. The van der Waals surface area contributed by atoms with Crippen molar-refractivity contribution in [2.75, 3.05) is 0 Å². The molecule has 0 saturated carbocycles. The SMILES string of the molecule is Cc1ccc(-n2[nH]cc(CC(C)C)c2=O)cc1. The highest BCUT2D eigenvalue weighted by atomic mass is 16.1. The monoisotopic (exact) mass is 230 g/mol. The van der Waals surface area contributed by atoms with Crippen LogP contribution in [0.1, 0.15) is 25.0 Å². The fourth-order valence-corrected chi connectivity index (χ4v) is 1.88. The standard InChI is InChI=1S/C14H18N2O/c1-10(2)8-12-9-15-16(14(12)17)13-6-4-11(3)5-7-13/h4-7,9-10,15H,8H2,1-3H3. The Bertz CT molecular complexity index is 546. The van der Waals surface area contributed by atoms with Crippen molar-refractivity contribution in [1.29, 1.82) is 0 Å². The van der Waals surface area contributed by atoms with Gasteiger partial charge in [-0.3, -0.25) is 9.89 Å². The van der Waals surface area contributed by atoms with Gasteiger partial charge in [-0.1, -0.05) is 31.5 Å². The van der Waals surface area contributed by atoms with Gasteiger partial charge in [0.1, 0.15) is 0 Å². The van der Waals surface area contributed by atoms with Gasteiger partial charge >= 0.3 is 0 Å². The van der Waals surface area contributed by atoms with E-state index in [2.05, 4.69) is 18.9 Å². The summed E-state index contributed by atoms with van der Waals surface area (Å²) >= 11 is 0. The highest BCUT2D eigenvalue weighted by molar-refractivity contribution is 5.34. The van der Waals surface area contributed by atoms with Crippen molar-refractivity contribution >= 4 is 0 Å². The van der Waals surface area contributed by atoms with Gasteiger partial charge < -0.3 is 0 Å². The van der Waals surface area contributed by atoms with Crippen LogP contribution < -0.4 is 5.56 Å². The molecule has 0 radical (unpaired) electrons. The van der Waals surface area contributed by atoms with Crippen LogP contribution in [0, 0.1) is 12.8 Å². The molecule has 90 valence electrons. The van der Waals surface area contributed by atoms with Crippen molar-refractivity contribution < 1.29 is 0 Å². The van der Waals surface area contributed by atoms with E-state index in [1.807, 2.05) is 37.4 Å². The smallest absolute Gasteiger partial charge is 0.274 e. The van der Waals surface area contributed by atoms with E-state index in [9.17, 15) is 4.79 Å². The Balaban J connectivity index is 2.37. The molecule has 0 spiro atoms. The number of aryl methyl sites for hydroxylation is 1. The zero-order valence-electron chi connectivity index (χ0n) is 10.5. The Morgan fingerprint density at radius 3 is 2.47 bits per heavy atom. The van der Waals surface area contributed by atoms with Crippen LogP contribution in [0.5, 0.6) is 0 Å². The fraction of sp³-hybridized carbons (Fsp3) is 0.357. The molecule has 1 N–H and O–H groups in total. The molecule has 2 aromatic rings. The third-order valence-electron chi connectivity index (χ3n) is 2.77. The van der Waals surface area contributed by atoms with Gasteiger partial charge in [-0.15, -0.1) is 0 Å². The van der Waals surface area contributed by atoms with Gasteiger partial charge in [0.2, 0.25) is 0 Å². The minimum atomic E-state index is 0.0579. The van der Waals surface area contributed by atoms with Crippen molar-refractivity contribution in [2.45, 2.75) is 27.2 Å². The van der Waals surface area contributed by atoms with Gasteiger partial charge in [0.05, 0.1) is 5.69 Å². The second-order valence-corrected chi connectivity index (χ2v) is 4.87. The lowest BCUT2D eigenvalue weighted by Gasteiger charge is -2.02. The Kier molecular flexibility index (Phi) is 3.18. The number of aromatic amines is 1. The Labute approximate surface area is 101 Å². The first-order valence-electron chi connectivity index (χ1n) is 5.94. The first-order chi connectivity index (χ1) is 8.08. The molecule has 0 aliphatic heterocycles. The number of rotatable bonds is 3. The number of nitrogens with one attached hydrogen (secondary N) is 1. The molecule has 2 rings (SSSR count). The van der Waals surface area contributed by atoms with Gasteiger partial charge in [0.25, 0.3) is 5.56 Å². The highest BCUT2D eigenvalue weighted by Crippen LogP contribution is 2.08. The summed E-state index contributed by atoms with van der Waals surface area (Å²) < 4.78 is 1.59. The molecule has 1 heterocycles. The van der Waals surface area contributed by atoms with Crippen LogP contribution in [0.2, 0.25) is 0 Å². The maximum Gasteiger partial charge on any atom is 0.274 e. The average molecular weight is 230 g/mol. The number of hydrogen-bond acceptors (Lipinski definition) is 1. The van der Waals surface area contributed by atoms with E-state index in [-0.39, 0.29) is 5.56 Å². The maximum atomic E-state index is 12.1. The summed E-state index contributed by atoms with van der Waals surface area (Å²) in [5.74, 6) is 0.491. The summed E-state index contributed by atoms with van der Waals surface area (Å²) in [6, 6.07) is 7.91. The maximum absolute atomic E-state index is 12.1. The van der Waals surface area contributed by atoms with E-state index < -0.39 is 0 Å². The zero-order valence-corrected chi connectivity index (χ0v) is 10.5. The van der Waals surface area contributed by atoms with E-state index in [4.69, 9.17) is 0 Å². The number of hydrogen-bond donors (Lipinski definition) is 1. The molecule has 3 nitrogen and oxygen atoms in total. The molecule has 3 heteroatoms. The van der Waals surface area contributed by atoms with E-state index in [1.54, 1.807) is 4.68 Å². The first-order valence-corrected chi connectivity index (χ1v) is 5.94. The summed E-state index contributed by atoms with van der Waals surface area (Å²) in [7, 11) is 0. The molecule has 1 aromatic heterocycles. The van der Waals surface area contributed by atoms with Crippen molar-refractivity contribution in [3.05, 3.63) is 51.9 Å². The Hall–Kier alpha value is -1.77. The van der Waals surface area contributed by atoms with Crippen LogP contribution in [0.3, 0.4) is 0 Å². The molecule has 17 heavy (non-hydrogen) atoms. The van der Waals surface area contributed by atoms with E-state index in [1.165, 1.54) is 5.56 Å². The second kappa shape index (κ2) is 4.62. The molecule has 0 saturated heterocycles. The van der Waals surface area contributed by atoms with Crippen LogP contribution in [-0.2, 0) is 6.42 Å². The van der Waals surface area contributed by atoms with Gasteiger partial charge in [-0.25, -0.2) is 4.68 Å². The Morgan fingerprint density at radius 2 is 1.88 bits per heavy atom. The zero-order chi connectivity index (χ0) is 12.4. The van der Waals surface area contributed by atoms with Crippen molar-refractivity contribution in [3.8, 4) is 5.69 Å². The fourth-order valence-electron chi connectivity index (χ4n) is 1.88. The number of nitrogens with zero attached hydrogens (tertiary/aromatic N) is 1. The van der Waals surface area contributed by atoms with E-state index in [0.29, 0.717) is 5.92 Å². The molecule has 0 aliphatic rings. The van der Waals surface area contributed by atoms with Gasteiger partial charge in [-0.05, 0) is 31.4 Å². The quantitative estimate of drug-likeness (QED) is 0.865. The molecule has 0 fully saturated rings. The predicted molar refractivity (Wildman–Crippen MR) is 69.7 cm³/mol. The van der Waals surface area contributed by atoms with Crippen LogP contribution in [0.4, 0.5) is 0 Å². The third-order valence-corrected chi connectivity index (χ3v) is 2.77. The van der Waals surface area contributed by atoms with Gasteiger partial charge in [-0.2, -0.15) is 0 Å². The third kappa shape index (κ3) is 2.49. The van der Waals surface area contributed by atoms with Gasteiger partial charge in [0.15, 0.2) is 0 Å². The minimum Gasteiger partial charge on any atom is -0.298 e. The summed E-state index contributed by atoms with van der Waals surface area (Å²) in [6.45, 7) is 6.26. The van der Waals surface area contributed by atoms with Crippen LogP contribution in [0.25, 0.3) is 5.69 Å². The van der Waals surface area contributed by atoms with Crippen LogP contribution in [-0.4, -0.2) is 9.78 Å². The topological polar surface area (TPSA) is 37.8 Å². The highest BCUT2D eigenvalue weighted by Gasteiger charge is 2.08. The molecular weight excluding hydrogens is 212 g/mol. The number of H-pyrrole nitrogens is 1. The second-order valence-electron chi connectivity index (χ2n) is 4.87. The molecule has 1 aromatic carbocycles.